The topological polar surface area (TPSA) is 61.5 Å². The molecule has 152 valence electrons. The van der Waals surface area contributed by atoms with Crippen molar-refractivity contribution in [1.29, 1.82) is 0 Å². The predicted octanol–water partition coefficient (Wildman–Crippen LogP) is 2.96. The highest BCUT2D eigenvalue weighted by molar-refractivity contribution is 5.92. The quantitative estimate of drug-likeness (QED) is 0.758. The number of rotatable bonds is 8. The molecule has 1 aromatic heterocycles. The minimum Gasteiger partial charge on any atom is -0.383 e. The lowest BCUT2D eigenvalue weighted by Crippen LogP contribution is -2.52. The van der Waals surface area contributed by atoms with Crippen LogP contribution >= 0.6 is 0 Å². The maximum Gasteiger partial charge on any atom is 0.274 e. The average Bonchev–Trinajstić information content (AvgIpc) is 3.12. The van der Waals surface area contributed by atoms with Crippen molar-refractivity contribution in [3.63, 3.8) is 0 Å². The van der Waals surface area contributed by atoms with Crippen molar-refractivity contribution in [1.82, 2.24) is 20.0 Å². The molecule has 2 aliphatic rings. The molecule has 1 aromatic rings. The van der Waals surface area contributed by atoms with Crippen molar-refractivity contribution in [2.45, 2.75) is 58.4 Å². The molecule has 0 aliphatic carbocycles. The summed E-state index contributed by atoms with van der Waals surface area (Å²) in [5, 5.41) is 7.35. The Morgan fingerprint density at radius 1 is 1.33 bits per heavy atom. The second-order valence-corrected chi connectivity index (χ2v) is 8.62. The van der Waals surface area contributed by atoms with Gasteiger partial charge in [-0.25, -0.2) is 0 Å². The first-order valence-corrected chi connectivity index (χ1v) is 10.6. The monoisotopic (exact) mass is 376 g/mol. The molecule has 6 nitrogen and oxygen atoms in total. The molecule has 0 bridgehead atoms. The Morgan fingerprint density at radius 3 is 2.93 bits per heavy atom. The van der Waals surface area contributed by atoms with Gasteiger partial charge in [-0.2, -0.15) is 5.10 Å². The summed E-state index contributed by atoms with van der Waals surface area (Å²) in [6.07, 6.45) is 7.30. The third-order valence-electron chi connectivity index (χ3n) is 6.01. The molecular weight excluding hydrogens is 340 g/mol. The molecule has 0 aromatic carbocycles. The zero-order chi connectivity index (χ0) is 19.2. The average molecular weight is 377 g/mol. The van der Waals surface area contributed by atoms with Crippen LogP contribution in [0.1, 0.15) is 62.1 Å². The van der Waals surface area contributed by atoms with Gasteiger partial charge in [-0.1, -0.05) is 20.3 Å². The first-order chi connectivity index (χ1) is 13.1. The number of carbonyl (C=O) groups excluding carboxylic acids is 1. The summed E-state index contributed by atoms with van der Waals surface area (Å²) >= 11 is 0. The van der Waals surface area contributed by atoms with Gasteiger partial charge in [-0.3, -0.25) is 9.89 Å². The molecule has 2 atom stereocenters. The lowest BCUT2D eigenvalue weighted by atomic mass is 9.83. The maximum absolute atomic E-state index is 13.2. The Labute approximate surface area is 163 Å². The Hall–Kier alpha value is -1.40. The fraction of sp³-hybridized carbons (Fsp3) is 0.810. The summed E-state index contributed by atoms with van der Waals surface area (Å²) in [5.41, 5.74) is 1.58. The van der Waals surface area contributed by atoms with Gasteiger partial charge in [0.2, 0.25) is 0 Å². The van der Waals surface area contributed by atoms with E-state index in [-0.39, 0.29) is 5.91 Å². The van der Waals surface area contributed by atoms with Crippen LogP contribution in [0.2, 0.25) is 0 Å². The second-order valence-electron chi connectivity index (χ2n) is 8.62. The highest BCUT2D eigenvalue weighted by atomic mass is 16.5. The van der Waals surface area contributed by atoms with E-state index < -0.39 is 0 Å². The van der Waals surface area contributed by atoms with E-state index in [9.17, 15) is 4.79 Å². The first-order valence-electron chi connectivity index (χ1n) is 10.6. The number of carbonyl (C=O) groups is 1. The van der Waals surface area contributed by atoms with Crippen LogP contribution in [-0.4, -0.2) is 71.8 Å². The molecule has 6 heteroatoms. The van der Waals surface area contributed by atoms with E-state index in [2.05, 4.69) is 28.9 Å². The highest BCUT2D eigenvalue weighted by Gasteiger charge is 2.35. The van der Waals surface area contributed by atoms with Gasteiger partial charge in [0.1, 0.15) is 5.69 Å². The number of fused-ring (bicyclic) bond motifs is 1. The third-order valence-corrected chi connectivity index (χ3v) is 6.01. The second kappa shape index (κ2) is 9.69. The van der Waals surface area contributed by atoms with Crippen LogP contribution in [0.4, 0.5) is 0 Å². The number of aromatic nitrogens is 2. The van der Waals surface area contributed by atoms with Crippen LogP contribution in [0.5, 0.6) is 0 Å². The summed E-state index contributed by atoms with van der Waals surface area (Å²) in [6.45, 7) is 8.81. The van der Waals surface area contributed by atoms with Gasteiger partial charge >= 0.3 is 0 Å². The fourth-order valence-corrected chi connectivity index (χ4v) is 4.73. The van der Waals surface area contributed by atoms with Crippen molar-refractivity contribution < 1.29 is 9.53 Å². The molecule has 2 aliphatic heterocycles. The lowest BCUT2D eigenvalue weighted by Gasteiger charge is -2.45. The SMILES string of the molecule is COCCN(C[C@H]1CCCN2CCCC[C@@H]12)C(=O)c1cc(CC(C)C)[nH]n1. The number of piperidine rings is 2. The number of nitrogens with one attached hydrogen (secondary N) is 1. The molecule has 0 spiro atoms. The van der Waals surface area contributed by atoms with Crippen LogP contribution in [0, 0.1) is 11.8 Å². The van der Waals surface area contributed by atoms with Gasteiger partial charge in [0.05, 0.1) is 6.61 Å². The van der Waals surface area contributed by atoms with Gasteiger partial charge < -0.3 is 14.5 Å². The Kier molecular flexibility index (Phi) is 7.30. The van der Waals surface area contributed by atoms with Gasteiger partial charge in [-0.15, -0.1) is 0 Å². The molecule has 0 radical (unpaired) electrons. The van der Waals surface area contributed by atoms with E-state index in [1.54, 1.807) is 7.11 Å². The van der Waals surface area contributed by atoms with E-state index in [0.29, 0.717) is 36.7 Å². The van der Waals surface area contributed by atoms with Crippen LogP contribution in [0.25, 0.3) is 0 Å². The van der Waals surface area contributed by atoms with Crippen molar-refractivity contribution in [3.05, 3.63) is 17.5 Å². The Bertz CT molecular complexity index is 599. The molecule has 1 N–H and O–H groups in total. The summed E-state index contributed by atoms with van der Waals surface area (Å²) < 4.78 is 5.28. The molecule has 3 rings (SSSR count). The molecule has 0 saturated carbocycles. The Morgan fingerprint density at radius 2 is 2.15 bits per heavy atom. The van der Waals surface area contributed by atoms with Crippen LogP contribution < -0.4 is 0 Å². The van der Waals surface area contributed by atoms with Crippen molar-refractivity contribution in [2.24, 2.45) is 11.8 Å². The lowest BCUT2D eigenvalue weighted by molar-refractivity contribution is 0.0313. The van der Waals surface area contributed by atoms with E-state index in [1.807, 2.05) is 11.0 Å². The standard InChI is InChI=1S/C21H36N4O2/c1-16(2)13-18-14-19(23-22-18)21(26)25(11-12-27-3)15-17-7-6-10-24-9-5-4-8-20(17)24/h14,16-17,20H,4-13,15H2,1-3H3,(H,22,23)/t17-,20+/m1/s1. The predicted molar refractivity (Wildman–Crippen MR) is 107 cm³/mol. The first kappa shape index (κ1) is 20.3. The number of aromatic amines is 1. The van der Waals surface area contributed by atoms with Crippen molar-refractivity contribution in [3.8, 4) is 0 Å². The maximum atomic E-state index is 13.2. The Balaban J connectivity index is 1.68. The molecule has 2 saturated heterocycles. The van der Waals surface area contributed by atoms with Gasteiger partial charge in [-0.05, 0) is 63.1 Å². The van der Waals surface area contributed by atoms with Crippen LogP contribution in [0.15, 0.2) is 6.07 Å². The minimum atomic E-state index is 0.0336. The molecule has 27 heavy (non-hydrogen) atoms. The molecular formula is C21H36N4O2. The highest BCUT2D eigenvalue weighted by Crippen LogP contribution is 2.31. The normalized spacial score (nSPS) is 23.4. The smallest absolute Gasteiger partial charge is 0.274 e. The zero-order valence-electron chi connectivity index (χ0n) is 17.2. The number of H-pyrrole nitrogens is 1. The van der Waals surface area contributed by atoms with Crippen LogP contribution in [-0.2, 0) is 11.2 Å². The molecule has 3 heterocycles. The zero-order valence-corrected chi connectivity index (χ0v) is 17.2. The number of hydrogen-bond acceptors (Lipinski definition) is 4. The van der Waals surface area contributed by atoms with Gasteiger partial charge in [0.25, 0.3) is 5.91 Å². The number of amides is 1. The summed E-state index contributed by atoms with van der Waals surface area (Å²) in [4.78, 5) is 17.8. The summed E-state index contributed by atoms with van der Waals surface area (Å²) in [7, 11) is 1.70. The van der Waals surface area contributed by atoms with E-state index in [4.69, 9.17) is 4.74 Å². The summed E-state index contributed by atoms with van der Waals surface area (Å²) in [6, 6.07) is 2.57. The van der Waals surface area contributed by atoms with Gasteiger partial charge in [0.15, 0.2) is 0 Å². The number of nitrogens with zero attached hydrogens (tertiary/aromatic N) is 3. The van der Waals surface area contributed by atoms with E-state index >= 15 is 0 Å². The number of methoxy groups -OCH3 is 1. The largest absolute Gasteiger partial charge is 0.383 e. The van der Waals surface area contributed by atoms with Gasteiger partial charge in [0, 0.05) is 31.9 Å². The fourth-order valence-electron chi connectivity index (χ4n) is 4.73. The van der Waals surface area contributed by atoms with E-state index in [0.717, 1.165) is 18.7 Å². The van der Waals surface area contributed by atoms with Crippen LogP contribution in [0.3, 0.4) is 0 Å². The van der Waals surface area contributed by atoms with Crippen molar-refractivity contribution in [2.75, 3.05) is 39.9 Å². The number of hydrogen-bond donors (Lipinski definition) is 1. The number of ether oxygens (including phenoxy) is 1. The van der Waals surface area contributed by atoms with Crippen molar-refractivity contribution >= 4 is 5.91 Å². The minimum absolute atomic E-state index is 0.0336. The molecule has 1 amide bonds. The summed E-state index contributed by atoms with van der Waals surface area (Å²) in [5.74, 6) is 1.14. The molecule has 0 unspecified atom stereocenters. The molecule has 2 fully saturated rings. The third kappa shape index (κ3) is 5.32. The van der Waals surface area contributed by atoms with E-state index in [1.165, 1.54) is 45.2 Å².